The molecule has 0 saturated carbocycles. The molecule has 3 aromatic rings. The lowest BCUT2D eigenvalue weighted by atomic mass is 10.1. The maximum atomic E-state index is 5.93. The first-order valence-electron chi connectivity index (χ1n) is 5.09. The smallest absolute Gasteiger partial charge is 0.0979 e. The third-order valence-corrected chi connectivity index (χ3v) is 2.99. The van der Waals surface area contributed by atoms with Gasteiger partial charge in [0.2, 0.25) is 0 Å². The average Bonchev–Trinajstić information content (AvgIpc) is 2.77. The predicted octanol–water partition coefficient (Wildman–Crippen LogP) is 2.77. The standard InChI is InChI=1S/C12H9BrN4/c13-8-6-16-17(7-8)11-4-3-10(14)9-2-1-5-15-12(9)11/h1-7H,14H2. The summed E-state index contributed by atoms with van der Waals surface area (Å²) >= 11 is 3.38. The van der Waals surface area contributed by atoms with Crippen LogP contribution < -0.4 is 5.73 Å². The molecule has 3 rings (SSSR count). The zero-order chi connectivity index (χ0) is 11.8. The number of hydrogen-bond acceptors (Lipinski definition) is 3. The molecule has 1 aromatic carbocycles. The highest BCUT2D eigenvalue weighted by Crippen LogP contribution is 2.25. The summed E-state index contributed by atoms with van der Waals surface area (Å²) in [4.78, 5) is 4.37. The van der Waals surface area contributed by atoms with Gasteiger partial charge in [-0.15, -0.1) is 0 Å². The second kappa shape index (κ2) is 3.85. The molecule has 0 aliphatic heterocycles. The first-order chi connectivity index (χ1) is 8.25. The molecule has 2 N–H and O–H groups in total. The molecular formula is C12H9BrN4. The highest BCUT2D eigenvalue weighted by molar-refractivity contribution is 9.10. The Morgan fingerprint density at radius 2 is 2.12 bits per heavy atom. The van der Waals surface area contributed by atoms with Gasteiger partial charge in [0.05, 0.1) is 21.9 Å². The van der Waals surface area contributed by atoms with Crippen molar-refractivity contribution in [1.29, 1.82) is 0 Å². The van der Waals surface area contributed by atoms with Crippen molar-refractivity contribution in [3.63, 3.8) is 0 Å². The van der Waals surface area contributed by atoms with Gasteiger partial charge in [-0.3, -0.25) is 4.98 Å². The molecular weight excluding hydrogens is 280 g/mol. The van der Waals surface area contributed by atoms with E-state index in [1.165, 1.54) is 0 Å². The van der Waals surface area contributed by atoms with Crippen LogP contribution in [0, 0.1) is 0 Å². The van der Waals surface area contributed by atoms with E-state index in [4.69, 9.17) is 5.73 Å². The molecule has 17 heavy (non-hydrogen) atoms. The molecule has 0 fully saturated rings. The minimum Gasteiger partial charge on any atom is -0.398 e. The van der Waals surface area contributed by atoms with Crippen LogP contribution in [0.15, 0.2) is 47.3 Å². The Morgan fingerprint density at radius 1 is 1.24 bits per heavy atom. The number of nitrogen functional groups attached to an aromatic ring is 1. The normalized spacial score (nSPS) is 10.9. The summed E-state index contributed by atoms with van der Waals surface area (Å²) in [5, 5.41) is 5.20. The Labute approximate surface area is 106 Å². The molecule has 5 heteroatoms. The maximum absolute atomic E-state index is 5.93. The van der Waals surface area contributed by atoms with E-state index in [1.807, 2.05) is 30.5 Å². The number of pyridine rings is 1. The van der Waals surface area contributed by atoms with Crippen LogP contribution in [0.1, 0.15) is 0 Å². The molecule has 84 valence electrons. The first-order valence-corrected chi connectivity index (χ1v) is 5.89. The highest BCUT2D eigenvalue weighted by Gasteiger charge is 2.07. The third kappa shape index (κ3) is 1.68. The van der Waals surface area contributed by atoms with Gasteiger partial charge in [0.25, 0.3) is 0 Å². The third-order valence-electron chi connectivity index (χ3n) is 2.58. The van der Waals surface area contributed by atoms with Gasteiger partial charge >= 0.3 is 0 Å². The summed E-state index contributed by atoms with van der Waals surface area (Å²) in [6.07, 6.45) is 5.38. The van der Waals surface area contributed by atoms with Crippen molar-refractivity contribution in [2.75, 3.05) is 5.73 Å². The molecule has 0 aliphatic carbocycles. The van der Waals surface area contributed by atoms with E-state index in [0.717, 1.165) is 26.8 Å². The maximum Gasteiger partial charge on any atom is 0.0979 e. The molecule has 0 amide bonds. The van der Waals surface area contributed by atoms with Crippen molar-refractivity contribution in [1.82, 2.24) is 14.8 Å². The minimum absolute atomic E-state index is 0.725. The fourth-order valence-corrected chi connectivity index (χ4v) is 2.08. The van der Waals surface area contributed by atoms with Crippen LogP contribution in [0.5, 0.6) is 0 Å². The summed E-state index contributed by atoms with van der Waals surface area (Å²) < 4.78 is 2.71. The van der Waals surface area contributed by atoms with Crippen LogP contribution in [-0.4, -0.2) is 14.8 Å². The summed E-state index contributed by atoms with van der Waals surface area (Å²) in [5.41, 5.74) is 8.42. The number of halogens is 1. The fraction of sp³-hybridized carbons (Fsp3) is 0. The van der Waals surface area contributed by atoms with Crippen molar-refractivity contribution in [2.24, 2.45) is 0 Å². The first kappa shape index (κ1) is 10.3. The van der Waals surface area contributed by atoms with Crippen molar-refractivity contribution in [3.8, 4) is 5.69 Å². The Balaban J connectivity index is 2.34. The molecule has 0 saturated heterocycles. The second-order valence-electron chi connectivity index (χ2n) is 3.68. The average molecular weight is 289 g/mol. The van der Waals surface area contributed by atoms with Crippen molar-refractivity contribution in [3.05, 3.63) is 47.3 Å². The van der Waals surface area contributed by atoms with Crippen molar-refractivity contribution < 1.29 is 0 Å². The van der Waals surface area contributed by atoms with Crippen LogP contribution in [0.4, 0.5) is 5.69 Å². The van der Waals surface area contributed by atoms with Gasteiger partial charge in [-0.25, -0.2) is 4.68 Å². The van der Waals surface area contributed by atoms with Crippen molar-refractivity contribution >= 4 is 32.5 Å². The summed E-state index contributed by atoms with van der Waals surface area (Å²) in [6.45, 7) is 0. The van der Waals surface area contributed by atoms with Gasteiger partial charge in [-0.1, -0.05) is 0 Å². The molecule has 0 spiro atoms. The van der Waals surface area contributed by atoms with Gasteiger partial charge < -0.3 is 5.73 Å². The number of fused-ring (bicyclic) bond motifs is 1. The molecule has 2 aromatic heterocycles. The van der Waals surface area contributed by atoms with Crippen molar-refractivity contribution in [2.45, 2.75) is 0 Å². The SMILES string of the molecule is Nc1ccc(-n2cc(Br)cn2)c2ncccc12. The number of aromatic nitrogens is 3. The number of benzene rings is 1. The van der Waals surface area contributed by atoms with Gasteiger partial charge in [-0.05, 0) is 40.2 Å². The molecule has 0 radical (unpaired) electrons. The zero-order valence-electron chi connectivity index (χ0n) is 8.84. The van der Waals surface area contributed by atoms with Crippen LogP contribution in [0.2, 0.25) is 0 Å². The van der Waals surface area contributed by atoms with Gasteiger partial charge in [0.15, 0.2) is 0 Å². The zero-order valence-corrected chi connectivity index (χ0v) is 10.4. The number of nitrogens with two attached hydrogens (primary N) is 1. The molecule has 2 heterocycles. The second-order valence-corrected chi connectivity index (χ2v) is 4.59. The van der Waals surface area contributed by atoms with Gasteiger partial charge in [0, 0.05) is 23.5 Å². The summed E-state index contributed by atoms with van der Waals surface area (Å²) in [5.74, 6) is 0. The number of nitrogens with zero attached hydrogens (tertiary/aromatic N) is 3. The molecule has 0 atom stereocenters. The predicted molar refractivity (Wildman–Crippen MR) is 71.0 cm³/mol. The van der Waals surface area contributed by atoms with E-state index in [1.54, 1.807) is 17.1 Å². The summed E-state index contributed by atoms with van der Waals surface area (Å²) in [6, 6.07) is 7.63. The highest BCUT2D eigenvalue weighted by atomic mass is 79.9. The van der Waals surface area contributed by atoms with Gasteiger partial charge in [-0.2, -0.15) is 5.10 Å². The van der Waals surface area contributed by atoms with E-state index in [2.05, 4.69) is 26.0 Å². The monoisotopic (exact) mass is 288 g/mol. The number of rotatable bonds is 1. The Hall–Kier alpha value is -1.88. The summed E-state index contributed by atoms with van der Waals surface area (Å²) in [7, 11) is 0. The van der Waals surface area contributed by atoms with Crippen LogP contribution in [-0.2, 0) is 0 Å². The van der Waals surface area contributed by atoms with E-state index >= 15 is 0 Å². The Bertz CT molecular complexity index is 690. The molecule has 0 aliphatic rings. The van der Waals surface area contributed by atoms with Crippen LogP contribution in [0.25, 0.3) is 16.6 Å². The lowest BCUT2D eigenvalue weighted by Crippen LogP contribution is -1.98. The topological polar surface area (TPSA) is 56.7 Å². The van der Waals surface area contributed by atoms with E-state index in [0.29, 0.717) is 0 Å². The number of hydrogen-bond donors (Lipinski definition) is 1. The Kier molecular flexibility index (Phi) is 2.33. The molecule has 0 bridgehead atoms. The van der Waals surface area contributed by atoms with Gasteiger partial charge in [0.1, 0.15) is 0 Å². The van der Waals surface area contributed by atoms with E-state index in [-0.39, 0.29) is 0 Å². The molecule has 0 unspecified atom stereocenters. The fourth-order valence-electron chi connectivity index (χ4n) is 1.80. The quantitative estimate of drug-likeness (QED) is 0.701. The van der Waals surface area contributed by atoms with Crippen LogP contribution in [0.3, 0.4) is 0 Å². The molecule has 4 nitrogen and oxygen atoms in total. The van der Waals surface area contributed by atoms with E-state index in [9.17, 15) is 0 Å². The minimum atomic E-state index is 0.725. The number of anilines is 1. The Morgan fingerprint density at radius 3 is 2.88 bits per heavy atom. The van der Waals surface area contributed by atoms with Crippen LogP contribution >= 0.6 is 15.9 Å². The largest absolute Gasteiger partial charge is 0.398 e. The van der Waals surface area contributed by atoms with E-state index < -0.39 is 0 Å². The lowest BCUT2D eigenvalue weighted by Gasteiger charge is -2.07. The lowest BCUT2D eigenvalue weighted by molar-refractivity contribution is 0.885.